The Morgan fingerprint density at radius 3 is 2.68 bits per heavy atom. The van der Waals surface area contributed by atoms with Gasteiger partial charge in [0.1, 0.15) is 5.75 Å². The SMILES string of the molecule is COc1ccc(B(O)O)cc1Cn1ccccc1=O. The zero-order valence-electron chi connectivity index (χ0n) is 10.5. The van der Waals surface area contributed by atoms with E-state index in [0.717, 1.165) is 0 Å². The van der Waals surface area contributed by atoms with Gasteiger partial charge in [-0.15, -0.1) is 0 Å². The molecule has 5 nitrogen and oxygen atoms in total. The second-order valence-corrected chi connectivity index (χ2v) is 4.11. The van der Waals surface area contributed by atoms with Crippen molar-refractivity contribution < 1.29 is 14.8 Å². The first-order valence-corrected chi connectivity index (χ1v) is 5.80. The van der Waals surface area contributed by atoms with Crippen LogP contribution in [0.5, 0.6) is 5.75 Å². The summed E-state index contributed by atoms with van der Waals surface area (Å²) in [4.78, 5) is 11.7. The highest BCUT2D eigenvalue weighted by molar-refractivity contribution is 6.58. The van der Waals surface area contributed by atoms with E-state index in [2.05, 4.69) is 0 Å². The van der Waals surface area contributed by atoms with Crippen LogP contribution in [0, 0.1) is 0 Å². The molecule has 0 unspecified atom stereocenters. The minimum atomic E-state index is -1.54. The second-order valence-electron chi connectivity index (χ2n) is 4.11. The molecule has 0 saturated heterocycles. The molecule has 0 aliphatic rings. The molecule has 6 heteroatoms. The first-order valence-electron chi connectivity index (χ1n) is 5.80. The van der Waals surface area contributed by atoms with Crippen molar-refractivity contribution in [3.8, 4) is 5.75 Å². The Morgan fingerprint density at radius 1 is 1.26 bits per heavy atom. The summed E-state index contributed by atoms with van der Waals surface area (Å²) < 4.78 is 6.73. The first kappa shape index (κ1) is 13.4. The fourth-order valence-corrected chi connectivity index (χ4v) is 1.86. The summed E-state index contributed by atoms with van der Waals surface area (Å²) in [5, 5.41) is 18.4. The average molecular weight is 259 g/mol. The molecule has 2 aromatic rings. The molecule has 1 heterocycles. The van der Waals surface area contributed by atoms with Crippen molar-refractivity contribution in [3.63, 3.8) is 0 Å². The van der Waals surface area contributed by atoms with Crippen LogP contribution < -0.4 is 15.8 Å². The number of hydrogen-bond acceptors (Lipinski definition) is 4. The highest BCUT2D eigenvalue weighted by atomic mass is 16.5. The molecule has 19 heavy (non-hydrogen) atoms. The second kappa shape index (κ2) is 5.73. The summed E-state index contributed by atoms with van der Waals surface area (Å²) >= 11 is 0. The maximum atomic E-state index is 11.7. The van der Waals surface area contributed by atoms with E-state index < -0.39 is 7.12 Å². The Hall–Kier alpha value is -2.05. The van der Waals surface area contributed by atoms with Crippen LogP contribution in [0.15, 0.2) is 47.4 Å². The topological polar surface area (TPSA) is 71.7 Å². The highest BCUT2D eigenvalue weighted by Crippen LogP contribution is 2.17. The fraction of sp³-hybridized carbons (Fsp3) is 0.154. The van der Waals surface area contributed by atoms with E-state index >= 15 is 0 Å². The zero-order chi connectivity index (χ0) is 13.8. The molecule has 1 aromatic carbocycles. The van der Waals surface area contributed by atoms with Gasteiger partial charge in [0.05, 0.1) is 13.7 Å². The van der Waals surface area contributed by atoms with Crippen molar-refractivity contribution in [2.45, 2.75) is 6.54 Å². The lowest BCUT2D eigenvalue weighted by molar-refractivity contribution is 0.407. The van der Waals surface area contributed by atoms with Crippen LogP contribution in [-0.4, -0.2) is 28.8 Å². The maximum absolute atomic E-state index is 11.7. The number of benzene rings is 1. The van der Waals surface area contributed by atoms with Gasteiger partial charge < -0.3 is 19.4 Å². The molecule has 0 amide bonds. The van der Waals surface area contributed by atoms with Crippen LogP contribution in [0.1, 0.15) is 5.56 Å². The average Bonchev–Trinajstić information content (AvgIpc) is 2.41. The summed E-state index contributed by atoms with van der Waals surface area (Å²) in [6.07, 6.45) is 1.67. The largest absolute Gasteiger partial charge is 0.496 e. The molecule has 2 N–H and O–H groups in total. The zero-order valence-corrected chi connectivity index (χ0v) is 10.5. The van der Waals surface area contributed by atoms with E-state index in [1.807, 2.05) is 0 Å². The number of aromatic nitrogens is 1. The van der Waals surface area contributed by atoms with Gasteiger partial charge in [0, 0.05) is 17.8 Å². The van der Waals surface area contributed by atoms with Crippen molar-refractivity contribution >= 4 is 12.6 Å². The quantitative estimate of drug-likeness (QED) is 0.732. The monoisotopic (exact) mass is 259 g/mol. The normalized spacial score (nSPS) is 10.3. The van der Waals surface area contributed by atoms with E-state index in [-0.39, 0.29) is 5.56 Å². The van der Waals surface area contributed by atoms with Crippen LogP contribution in [-0.2, 0) is 6.54 Å². The van der Waals surface area contributed by atoms with Crippen molar-refractivity contribution in [1.29, 1.82) is 0 Å². The third-order valence-electron chi connectivity index (χ3n) is 2.84. The molecule has 0 bridgehead atoms. The summed E-state index contributed by atoms with van der Waals surface area (Å²) in [7, 11) is -0.0149. The van der Waals surface area contributed by atoms with Gasteiger partial charge in [0.2, 0.25) is 0 Å². The molecule has 2 rings (SSSR count). The molecule has 0 atom stereocenters. The number of hydrogen-bond donors (Lipinski definition) is 2. The van der Waals surface area contributed by atoms with Crippen LogP contribution in [0.4, 0.5) is 0 Å². The van der Waals surface area contributed by atoms with Crippen molar-refractivity contribution in [2.75, 3.05) is 7.11 Å². The third-order valence-corrected chi connectivity index (χ3v) is 2.84. The van der Waals surface area contributed by atoms with Gasteiger partial charge in [0.15, 0.2) is 0 Å². The van der Waals surface area contributed by atoms with Gasteiger partial charge >= 0.3 is 7.12 Å². The summed E-state index contributed by atoms with van der Waals surface area (Å²) in [5.74, 6) is 0.597. The lowest BCUT2D eigenvalue weighted by atomic mass is 9.79. The Bertz CT molecular complexity index is 624. The predicted octanol–water partition coefficient (Wildman–Crippen LogP) is -0.415. The van der Waals surface area contributed by atoms with Crippen LogP contribution in [0.3, 0.4) is 0 Å². The predicted molar refractivity (Wildman–Crippen MR) is 72.6 cm³/mol. The summed E-state index contributed by atoms with van der Waals surface area (Å²) in [5.41, 5.74) is 0.945. The minimum absolute atomic E-state index is 0.125. The lowest BCUT2D eigenvalue weighted by Gasteiger charge is -2.12. The van der Waals surface area contributed by atoms with E-state index in [1.54, 1.807) is 36.5 Å². The van der Waals surface area contributed by atoms with Gasteiger partial charge in [-0.05, 0) is 17.6 Å². The molecular weight excluding hydrogens is 245 g/mol. The first-order chi connectivity index (χ1) is 9.11. The smallest absolute Gasteiger partial charge is 0.488 e. The van der Waals surface area contributed by atoms with Crippen LogP contribution in [0.2, 0.25) is 0 Å². The number of ether oxygens (including phenoxy) is 1. The summed E-state index contributed by atoms with van der Waals surface area (Å²) in [6.45, 7) is 0.309. The van der Waals surface area contributed by atoms with Gasteiger partial charge in [-0.1, -0.05) is 18.2 Å². The molecule has 0 fully saturated rings. The van der Waals surface area contributed by atoms with Gasteiger partial charge in [-0.3, -0.25) is 4.79 Å². The molecule has 1 aromatic heterocycles. The van der Waals surface area contributed by atoms with Gasteiger partial charge in [-0.2, -0.15) is 0 Å². The molecule has 0 spiro atoms. The standard InChI is InChI=1S/C13H14BNO4/c1-19-12-6-5-11(14(17)18)8-10(12)9-15-7-3-2-4-13(15)16/h2-8,17-18H,9H2,1H3. The molecule has 0 saturated carbocycles. The molecule has 98 valence electrons. The van der Waals surface area contributed by atoms with Crippen molar-refractivity contribution in [2.24, 2.45) is 0 Å². The Labute approximate surface area is 110 Å². The Morgan fingerprint density at radius 2 is 2.05 bits per heavy atom. The van der Waals surface area contributed by atoms with E-state index in [9.17, 15) is 14.8 Å². The van der Waals surface area contributed by atoms with E-state index in [1.165, 1.54) is 17.7 Å². The molecule has 0 radical (unpaired) electrons. The third kappa shape index (κ3) is 3.04. The number of rotatable bonds is 4. The summed E-state index contributed by atoms with van der Waals surface area (Å²) in [6, 6.07) is 9.74. The molecular formula is C13H14BNO4. The fourth-order valence-electron chi connectivity index (χ4n) is 1.86. The number of nitrogens with zero attached hydrogens (tertiary/aromatic N) is 1. The Balaban J connectivity index is 2.40. The van der Waals surface area contributed by atoms with Gasteiger partial charge in [0.25, 0.3) is 5.56 Å². The van der Waals surface area contributed by atoms with Gasteiger partial charge in [-0.25, -0.2) is 0 Å². The van der Waals surface area contributed by atoms with Crippen LogP contribution >= 0.6 is 0 Å². The number of methoxy groups -OCH3 is 1. The van der Waals surface area contributed by atoms with E-state index in [4.69, 9.17) is 4.74 Å². The molecule has 0 aliphatic carbocycles. The lowest BCUT2D eigenvalue weighted by Crippen LogP contribution is -2.30. The maximum Gasteiger partial charge on any atom is 0.488 e. The minimum Gasteiger partial charge on any atom is -0.496 e. The Kier molecular flexibility index (Phi) is 4.04. The van der Waals surface area contributed by atoms with Crippen molar-refractivity contribution in [1.82, 2.24) is 4.57 Å². The van der Waals surface area contributed by atoms with Crippen molar-refractivity contribution in [3.05, 3.63) is 58.5 Å². The molecule has 0 aliphatic heterocycles. The van der Waals surface area contributed by atoms with Crippen LogP contribution in [0.25, 0.3) is 0 Å². The highest BCUT2D eigenvalue weighted by Gasteiger charge is 2.14. The van der Waals surface area contributed by atoms with E-state index in [0.29, 0.717) is 23.3 Å². The number of pyridine rings is 1.